The van der Waals surface area contributed by atoms with Crippen LogP contribution in [-0.4, -0.2) is 45.1 Å². The van der Waals surface area contributed by atoms with Crippen LogP contribution in [0.3, 0.4) is 0 Å². The molecule has 0 spiro atoms. The van der Waals surface area contributed by atoms with Crippen LogP contribution in [0, 0.1) is 0 Å². The second-order valence-corrected chi connectivity index (χ2v) is 13.3. The van der Waals surface area contributed by atoms with E-state index in [1.165, 1.54) is 27.8 Å². The van der Waals surface area contributed by atoms with Crippen LogP contribution in [0.25, 0.3) is 10.2 Å². The lowest BCUT2D eigenvalue weighted by Gasteiger charge is -2.30. The number of thiazole rings is 1. The number of halogens is 1. The van der Waals surface area contributed by atoms with Gasteiger partial charge in [-0.25, -0.2) is 13.4 Å². The van der Waals surface area contributed by atoms with Crippen LogP contribution in [0.2, 0.25) is 0 Å². The van der Waals surface area contributed by atoms with E-state index in [0.29, 0.717) is 30.4 Å². The fraction of sp³-hybridized carbons (Fsp3) is 0.286. The number of benzene rings is 3. The Hall–Kier alpha value is -2.79. The van der Waals surface area contributed by atoms with E-state index in [9.17, 15) is 13.2 Å². The van der Waals surface area contributed by atoms with E-state index >= 15 is 0 Å². The monoisotopic (exact) mass is 611 g/mol. The van der Waals surface area contributed by atoms with Gasteiger partial charge in [0, 0.05) is 23.2 Å². The van der Waals surface area contributed by atoms with Crippen molar-refractivity contribution in [1.29, 1.82) is 0 Å². The molecule has 1 unspecified atom stereocenters. The van der Waals surface area contributed by atoms with E-state index in [0.717, 1.165) is 51.6 Å². The molecule has 38 heavy (non-hydrogen) atoms. The Bertz CT molecular complexity index is 1600. The molecule has 3 heterocycles. The summed E-state index contributed by atoms with van der Waals surface area (Å²) in [7, 11) is -3.76. The van der Waals surface area contributed by atoms with E-state index in [1.807, 2.05) is 42.5 Å². The number of anilines is 2. The number of aromatic nitrogens is 1. The molecule has 1 aromatic heterocycles. The minimum absolute atomic E-state index is 0.0588. The summed E-state index contributed by atoms with van der Waals surface area (Å²) >= 11 is 4.95. The van der Waals surface area contributed by atoms with Crippen molar-refractivity contribution in [3.63, 3.8) is 0 Å². The van der Waals surface area contributed by atoms with Gasteiger partial charge in [-0.3, -0.25) is 14.0 Å². The molecule has 1 amide bonds. The van der Waals surface area contributed by atoms with Gasteiger partial charge < -0.3 is 4.74 Å². The van der Waals surface area contributed by atoms with E-state index in [2.05, 4.69) is 15.9 Å². The van der Waals surface area contributed by atoms with Gasteiger partial charge in [-0.15, -0.1) is 0 Å². The van der Waals surface area contributed by atoms with Crippen LogP contribution in [0.1, 0.15) is 35.2 Å². The number of fused-ring (bicyclic) bond motifs is 2. The van der Waals surface area contributed by atoms with Crippen molar-refractivity contribution in [1.82, 2.24) is 4.98 Å². The van der Waals surface area contributed by atoms with Crippen molar-refractivity contribution in [2.75, 3.05) is 28.9 Å². The number of carbonyl (C=O) groups is 1. The molecule has 0 bridgehead atoms. The summed E-state index contributed by atoms with van der Waals surface area (Å²) in [6.07, 6.45) is 3.42. The Morgan fingerprint density at radius 3 is 2.71 bits per heavy atom. The minimum atomic E-state index is -3.76. The standard InChI is InChI=1S/C28H26BrN3O4S2/c29-21-11-14-24-26(17-21)37-28(30-24)31(18-22-7-4-16-36-22)27(33)20-9-12-23(13-10-20)38(34,35)32-15-3-6-19-5-1-2-8-25(19)32/h1-2,5,8-14,17,22H,3-4,6-7,15-16,18H2. The van der Waals surface area contributed by atoms with Crippen LogP contribution >= 0.6 is 27.3 Å². The first-order valence-corrected chi connectivity index (χ1v) is 15.7. The van der Waals surface area contributed by atoms with E-state index in [-0.39, 0.29) is 16.9 Å². The molecule has 1 atom stereocenters. The molecule has 0 saturated carbocycles. The van der Waals surface area contributed by atoms with Crippen molar-refractivity contribution >= 4 is 64.2 Å². The highest BCUT2D eigenvalue weighted by atomic mass is 79.9. The van der Waals surface area contributed by atoms with Gasteiger partial charge in [-0.2, -0.15) is 0 Å². The molecule has 4 aromatic rings. The number of aryl methyl sites for hydroxylation is 1. The van der Waals surface area contributed by atoms with Crippen LogP contribution in [0.15, 0.2) is 76.1 Å². The molecular weight excluding hydrogens is 586 g/mol. The van der Waals surface area contributed by atoms with Gasteiger partial charge in [0.25, 0.3) is 15.9 Å². The molecule has 0 radical (unpaired) electrons. The predicted octanol–water partition coefficient (Wildman–Crippen LogP) is 6.03. The SMILES string of the molecule is O=C(c1ccc(S(=O)(=O)N2CCCc3ccccc32)cc1)N(CC1CCCO1)c1nc2ccc(Br)cc2s1. The topological polar surface area (TPSA) is 79.8 Å². The summed E-state index contributed by atoms with van der Waals surface area (Å²) in [5.41, 5.74) is 2.98. The molecule has 0 N–H and O–H groups in total. The van der Waals surface area contributed by atoms with E-state index in [4.69, 9.17) is 9.72 Å². The number of para-hydroxylation sites is 1. The van der Waals surface area contributed by atoms with E-state index in [1.54, 1.807) is 17.0 Å². The number of ether oxygens (including phenoxy) is 1. The smallest absolute Gasteiger partial charge is 0.264 e. The maximum Gasteiger partial charge on any atom is 0.264 e. The quantitative estimate of drug-likeness (QED) is 0.266. The number of rotatable bonds is 6. The summed E-state index contributed by atoms with van der Waals surface area (Å²) in [5.74, 6) is -0.231. The number of hydrogen-bond donors (Lipinski definition) is 0. The van der Waals surface area contributed by atoms with Crippen molar-refractivity contribution in [3.8, 4) is 0 Å². The summed E-state index contributed by atoms with van der Waals surface area (Å²) in [6, 6.07) is 19.7. The lowest BCUT2D eigenvalue weighted by molar-refractivity contribution is 0.0917. The summed E-state index contributed by atoms with van der Waals surface area (Å²) < 4.78 is 36.3. The third-order valence-electron chi connectivity index (χ3n) is 6.98. The van der Waals surface area contributed by atoms with Gasteiger partial charge in [-0.1, -0.05) is 45.5 Å². The highest BCUT2D eigenvalue weighted by Crippen LogP contribution is 2.34. The summed E-state index contributed by atoms with van der Waals surface area (Å²) in [4.78, 5) is 20.3. The second-order valence-electron chi connectivity index (χ2n) is 9.49. The van der Waals surface area contributed by atoms with Crippen molar-refractivity contribution < 1.29 is 17.9 Å². The Morgan fingerprint density at radius 1 is 1.11 bits per heavy atom. The fourth-order valence-electron chi connectivity index (χ4n) is 5.04. The van der Waals surface area contributed by atoms with Gasteiger partial charge in [0.1, 0.15) is 0 Å². The molecule has 7 nitrogen and oxygen atoms in total. The maximum atomic E-state index is 13.8. The normalized spacial score (nSPS) is 17.5. The average Bonchev–Trinajstić information content (AvgIpc) is 3.60. The van der Waals surface area contributed by atoms with Gasteiger partial charge in [0.15, 0.2) is 5.13 Å². The molecule has 0 aliphatic carbocycles. The van der Waals surface area contributed by atoms with Crippen molar-refractivity contribution in [2.24, 2.45) is 0 Å². The first kappa shape index (κ1) is 25.5. The van der Waals surface area contributed by atoms with Gasteiger partial charge in [-0.05, 0) is 79.8 Å². The number of carbonyl (C=O) groups excluding carboxylic acids is 1. The number of sulfonamides is 1. The molecule has 196 valence electrons. The lowest BCUT2D eigenvalue weighted by Crippen LogP contribution is -2.37. The Labute approximate surface area is 234 Å². The Balaban J connectivity index is 1.30. The molecule has 2 aliphatic heterocycles. The van der Waals surface area contributed by atoms with Gasteiger partial charge in [0.05, 0.1) is 33.4 Å². The zero-order chi connectivity index (χ0) is 26.3. The summed E-state index contributed by atoms with van der Waals surface area (Å²) in [6.45, 7) is 1.51. The Morgan fingerprint density at radius 2 is 1.92 bits per heavy atom. The number of hydrogen-bond acceptors (Lipinski definition) is 6. The van der Waals surface area contributed by atoms with Crippen LogP contribution in [-0.2, 0) is 21.2 Å². The fourth-order valence-corrected chi connectivity index (χ4v) is 8.11. The molecule has 6 rings (SSSR count). The minimum Gasteiger partial charge on any atom is -0.376 e. The number of amides is 1. The first-order valence-electron chi connectivity index (χ1n) is 12.6. The highest BCUT2D eigenvalue weighted by Gasteiger charge is 2.30. The zero-order valence-electron chi connectivity index (χ0n) is 20.5. The molecule has 10 heteroatoms. The van der Waals surface area contributed by atoms with E-state index < -0.39 is 10.0 Å². The third kappa shape index (κ3) is 4.86. The Kier molecular flexibility index (Phi) is 6.98. The predicted molar refractivity (Wildman–Crippen MR) is 154 cm³/mol. The summed E-state index contributed by atoms with van der Waals surface area (Å²) in [5, 5.41) is 0.597. The van der Waals surface area contributed by atoms with Crippen molar-refractivity contribution in [3.05, 3.63) is 82.3 Å². The first-order chi connectivity index (χ1) is 18.4. The number of nitrogens with zero attached hydrogens (tertiary/aromatic N) is 3. The van der Waals surface area contributed by atoms with Gasteiger partial charge >= 0.3 is 0 Å². The van der Waals surface area contributed by atoms with Gasteiger partial charge in [0.2, 0.25) is 0 Å². The lowest BCUT2D eigenvalue weighted by atomic mass is 10.0. The largest absolute Gasteiger partial charge is 0.376 e. The molecule has 2 aliphatic rings. The molecule has 1 saturated heterocycles. The van der Waals surface area contributed by atoms with Crippen LogP contribution in [0.5, 0.6) is 0 Å². The average molecular weight is 613 g/mol. The maximum absolute atomic E-state index is 13.8. The molecule has 3 aromatic carbocycles. The molecule has 1 fully saturated rings. The highest BCUT2D eigenvalue weighted by molar-refractivity contribution is 9.10. The molecular formula is C28H26BrN3O4S2. The van der Waals surface area contributed by atoms with Crippen LogP contribution < -0.4 is 9.21 Å². The second kappa shape index (κ2) is 10.4. The third-order valence-corrected chi connectivity index (χ3v) is 10.3. The van der Waals surface area contributed by atoms with Crippen molar-refractivity contribution in [2.45, 2.75) is 36.7 Å². The van der Waals surface area contributed by atoms with Crippen LogP contribution in [0.4, 0.5) is 10.8 Å². The zero-order valence-corrected chi connectivity index (χ0v) is 23.8.